The number of rotatable bonds is 5. The molecule has 2 atom stereocenters. The number of ether oxygens (including phenoxy) is 2. The Hall–Kier alpha value is -3.34. The third kappa shape index (κ3) is 3.77. The highest BCUT2D eigenvalue weighted by Crippen LogP contribution is 2.36. The molecule has 1 heterocycles. The summed E-state index contributed by atoms with van der Waals surface area (Å²) >= 11 is 0. The molecule has 0 aliphatic carbocycles. The molecule has 0 saturated heterocycles. The van der Waals surface area contributed by atoms with E-state index >= 15 is 0 Å². The minimum atomic E-state index is -0.809. The maximum atomic E-state index is 11.6. The average molecular weight is 361 g/mol. The minimum Gasteiger partial charge on any atom is -0.489 e. The molecule has 1 unspecified atom stereocenters. The van der Waals surface area contributed by atoms with Crippen molar-refractivity contribution in [1.82, 2.24) is 0 Å². The average Bonchev–Trinajstić information content (AvgIpc) is 2.72. The van der Waals surface area contributed by atoms with Gasteiger partial charge in [0.25, 0.3) is 6.04 Å². The summed E-state index contributed by atoms with van der Waals surface area (Å²) in [7, 11) is 0. The maximum Gasteiger partial charge on any atom is 0.257 e. The normalized spacial score (nSPS) is 18.2. The molecule has 0 N–H and O–H groups in total. The number of hydrogen-bond acceptors (Lipinski definition) is 4. The highest BCUT2D eigenvalue weighted by atomic mass is 16.6. The van der Waals surface area contributed by atoms with Gasteiger partial charge in [-0.1, -0.05) is 60.7 Å². The Morgan fingerprint density at radius 1 is 0.963 bits per heavy atom. The van der Waals surface area contributed by atoms with Gasteiger partial charge in [0.15, 0.2) is 6.10 Å². The van der Waals surface area contributed by atoms with E-state index in [9.17, 15) is 10.1 Å². The van der Waals surface area contributed by atoms with Crippen molar-refractivity contribution < 1.29 is 14.4 Å². The van der Waals surface area contributed by atoms with Crippen LogP contribution in [0, 0.1) is 10.1 Å². The lowest BCUT2D eigenvalue weighted by Crippen LogP contribution is -2.36. The summed E-state index contributed by atoms with van der Waals surface area (Å²) < 4.78 is 11.8. The first-order valence-corrected chi connectivity index (χ1v) is 8.85. The number of nitro groups is 1. The fraction of sp³-hybridized carbons (Fsp3) is 0.182. The van der Waals surface area contributed by atoms with Crippen molar-refractivity contribution in [2.45, 2.75) is 25.2 Å². The van der Waals surface area contributed by atoms with Crippen molar-refractivity contribution in [1.29, 1.82) is 0 Å². The van der Waals surface area contributed by atoms with E-state index in [1.54, 1.807) is 0 Å². The number of nitrogens with zero attached hydrogens (tertiary/aromatic N) is 1. The molecule has 0 amide bonds. The van der Waals surface area contributed by atoms with Gasteiger partial charge in [-0.25, -0.2) is 0 Å². The fourth-order valence-corrected chi connectivity index (χ4v) is 3.31. The molecule has 0 saturated carbocycles. The summed E-state index contributed by atoms with van der Waals surface area (Å²) in [5, 5.41) is 11.6. The molecular weight excluding hydrogens is 342 g/mol. The molecule has 4 rings (SSSR count). The van der Waals surface area contributed by atoms with Gasteiger partial charge in [-0.2, -0.15) is 0 Å². The fourth-order valence-electron chi connectivity index (χ4n) is 3.31. The lowest BCUT2D eigenvalue weighted by atomic mass is 9.93. The van der Waals surface area contributed by atoms with E-state index in [4.69, 9.17) is 9.47 Å². The van der Waals surface area contributed by atoms with E-state index in [0.29, 0.717) is 18.8 Å². The zero-order valence-corrected chi connectivity index (χ0v) is 14.7. The van der Waals surface area contributed by atoms with Crippen LogP contribution in [0.2, 0.25) is 0 Å². The van der Waals surface area contributed by atoms with E-state index in [0.717, 1.165) is 22.4 Å². The molecule has 136 valence electrons. The van der Waals surface area contributed by atoms with Gasteiger partial charge in [-0.05, 0) is 29.3 Å². The zero-order chi connectivity index (χ0) is 18.6. The quantitative estimate of drug-likeness (QED) is 0.493. The van der Waals surface area contributed by atoms with E-state index < -0.39 is 12.1 Å². The van der Waals surface area contributed by atoms with Crippen molar-refractivity contribution >= 4 is 0 Å². The van der Waals surface area contributed by atoms with E-state index in [-0.39, 0.29) is 4.92 Å². The van der Waals surface area contributed by atoms with Gasteiger partial charge < -0.3 is 9.47 Å². The molecule has 0 bridgehead atoms. The molecule has 0 fully saturated rings. The molecule has 5 nitrogen and oxygen atoms in total. The highest BCUT2D eigenvalue weighted by molar-refractivity contribution is 5.38. The number of fused-ring (bicyclic) bond motifs is 1. The van der Waals surface area contributed by atoms with Crippen LogP contribution in [0.4, 0.5) is 0 Å². The second-order valence-electron chi connectivity index (χ2n) is 6.55. The molecular formula is C22H19NO4. The van der Waals surface area contributed by atoms with Crippen LogP contribution < -0.4 is 9.47 Å². The molecule has 1 aliphatic rings. The van der Waals surface area contributed by atoms with Crippen LogP contribution in [0.15, 0.2) is 78.9 Å². The first-order valence-electron chi connectivity index (χ1n) is 8.85. The Kier molecular flexibility index (Phi) is 4.75. The molecule has 1 aliphatic heterocycles. The van der Waals surface area contributed by atoms with E-state index in [1.807, 2.05) is 78.9 Å². The largest absolute Gasteiger partial charge is 0.489 e. The lowest BCUT2D eigenvalue weighted by Gasteiger charge is -2.28. The van der Waals surface area contributed by atoms with Crippen LogP contribution in [0.3, 0.4) is 0 Å². The van der Waals surface area contributed by atoms with Gasteiger partial charge in [-0.15, -0.1) is 0 Å². The molecule has 27 heavy (non-hydrogen) atoms. The second kappa shape index (κ2) is 7.50. The first-order chi connectivity index (χ1) is 13.2. The molecule has 3 aromatic carbocycles. The second-order valence-corrected chi connectivity index (χ2v) is 6.55. The molecule has 0 spiro atoms. The SMILES string of the molecule is O=[N+]([O-])C1Cc2ccccc2O[C@H]1c1ccc(OCc2ccccc2)cc1. The van der Waals surface area contributed by atoms with Gasteiger partial charge in [0, 0.05) is 16.9 Å². The third-order valence-electron chi connectivity index (χ3n) is 4.73. The van der Waals surface area contributed by atoms with Crippen LogP contribution in [-0.2, 0) is 13.0 Å². The standard InChI is InChI=1S/C22H19NO4/c24-23(25)20-14-18-8-4-5-9-21(18)27-22(20)17-10-12-19(13-11-17)26-15-16-6-2-1-3-7-16/h1-13,20,22H,14-15H2/t20?,22-/m0/s1. The van der Waals surface area contributed by atoms with Gasteiger partial charge in [0.05, 0.1) is 0 Å². The minimum absolute atomic E-state index is 0.250. The van der Waals surface area contributed by atoms with Crippen LogP contribution in [0.1, 0.15) is 22.8 Å². The molecule has 3 aromatic rings. The Bertz CT molecular complexity index is 925. The Balaban J connectivity index is 1.51. The highest BCUT2D eigenvalue weighted by Gasteiger charge is 2.39. The van der Waals surface area contributed by atoms with Gasteiger partial charge >= 0.3 is 0 Å². The molecule has 0 radical (unpaired) electrons. The topological polar surface area (TPSA) is 61.6 Å². The smallest absolute Gasteiger partial charge is 0.257 e. The summed E-state index contributed by atoms with van der Waals surface area (Å²) in [6.07, 6.45) is -0.252. The zero-order valence-electron chi connectivity index (χ0n) is 14.7. The van der Waals surface area contributed by atoms with Crippen molar-refractivity contribution in [2.75, 3.05) is 0 Å². The maximum absolute atomic E-state index is 11.6. The monoisotopic (exact) mass is 361 g/mol. The van der Waals surface area contributed by atoms with Crippen LogP contribution in [-0.4, -0.2) is 11.0 Å². The van der Waals surface area contributed by atoms with Crippen molar-refractivity contribution in [3.05, 3.63) is 106 Å². The predicted octanol–water partition coefficient (Wildman–Crippen LogP) is 4.59. The van der Waals surface area contributed by atoms with Crippen LogP contribution in [0.5, 0.6) is 11.5 Å². The van der Waals surface area contributed by atoms with E-state index in [1.165, 1.54) is 0 Å². The van der Waals surface area contributed by atoms with Gasteiger partial charge in [0.1, 0.15) is 18.1 Å². The Labute approximate surface area is 157 Å². The van der Waals surface area contributed by atoms with Crippen LogP contribution >= 0.6 is 0 Å². The van der Waals surface area contributed by atoms with Crippen LogP contribution in [0.25, 0.3) is 0 Å². The molecule has 5 heteroatoms. The van der Waals surface area contributed by atoms with Gasteiger partial charge in [-0.3, -0.25) is 10.1 Å². The summed E-state index contributed by atoms with van der Waals surface area (Å²) in [5.41, 5.74) is 2.73. The van der Waals surface area contributed by atoms with Gasteiger partial charge in [0.2, 0.25) is 0 Å². The Morgan fingerprint density at radius 3 is 2.41 bits per heavy atom. The summed E-state index contributed by atoms with van der Waals surface area (Å²) in [5.74, 6) is 1.43. The Morgan fingerprint density at radius 2 is 1.67 bits per heavy atom. The third-order valence-corrected chi connectivity index (χ3v) is 4.73. The van der Waals surface area contributed by atoms with Crippen molar-refractivity contribution in [3.8, 4) is 11.5 Å². The lowest BCUT2D eigenvalue weighted by molar-refractivity contribution is -0.535. The van der Waals surface area contributed by atoms with Crippen molar-refractivity contribution in [3.63, 3.8) is 0 Å². The number of para-hydroxylation sites is 1. The summed E-state index contributed by atoms with van der Waals surface area (Å²) in [4.78, 5) is 11.3. The number of benzene rings is 3. The molecule has 0 aromatic heterocycles. The summed E-state index contributed by atoms with van der Waals surface area (Å²) in [6.45, 7) is 0.477. The van der Waals surface area contributed by atoms with Crippen molar-refractivity contribution in [2.24, 2.45) is 0 Å². The summed E-state index contributed by atoms with van der Waals surface area (Å²) in [6, 6.07) is 23.9. The van der Waals surface area contributed by atoms with E-state index in [2.05, 4.69) is 0 Å². The predicted molar refractivity (Wildman–Crippen MR) is 102 cm³/mol. The first kappa shape index (κ1) is 17.1. The number of hydrogen-bond donors (Lipinski definition) is 0.